The van der Waals surface area contributed by atoms with Crippen molar-refractivity contribution in [3.63, 3.8) is 0 Å². The maximum atomic E-state index is 13.1. The SMILES string of the molecule is C#Cc1cccc(N(CC)C(=O)c2nc(SC)n3ccccc23)c1. The van der Waals surface area contributed by atoms with E-state index in [-0.39, 0.29) is 5.91 Å². The molecular weight excluding hydrogens is 318 g/mol. The molecule has 24 heavy (non-hydrogen) atoms. The first-order valence-electron chi connectivity index (χ1n) is 7.59. The molecule has 0 atom stereocenters. The molecule has 2 heterocycles. The highest BCUT2D eigenvalue weighted by atomic mass is 32.2. The number of carbonyl (C=O) groups is 1. The predicted octanol–water partition coefficient (Wildman–Crippen LogP) is 3.70. The zero-order valence-corrected chi connectivity index (χ0v) is 14.4. The maximum Gasteiger partial charge on any atom is 0.279 e. The number of thioether (sulfide) groups is 1. The zero-order valence-electron chi connectivity index (χ0n) is 13.6. The Kier molecular flexibility index (Phi) is 4.59. The molecule has 0 spiro atoms. The standard InChI is InChI=1S/C19H17N3OS/c1-4-14-9-8-10-15(13-14)21(5-2)18(23)17-16-11-6-7-12-22(16)19(20-17)24-3/h1,6-13H,5H2,2-3H3. The average Bonchev–Trinajstić information content (AvgIpc) is 3.01. The van der Waals surface area contributed by atoms with Gasteiger partial charge in [0.1, 0.15) is 0 Å². The molecule has 0 fully saturated rings. The summed E-state index contributed by atoms with van der Waals surface area (Å²) in [6, 6.07) is 13.2. The Morgan fingerprint density at radius 1 is 1.33 bits per heavy atom. The van der Waals surface area contributed by atoms with Gasteiger partial charge < -0.3 is 4.90 Å². The number of nitrogens with zero attached hydrogens (tertiary/aromatic N) is 3. The van der Waals surface area contributed by atoms with Gasteiger partial charge in [0.05, 0.1) is 5.52 Å². The number of carbonyl (C=O) groups excluding carboxylic acids is 1. The number of hydrogen-bond donors (Lipinski definition) is 0. The van der Waals surface area contributed by atoms with Crippen molar-refractivity contribution in [3.05, 3.63) is 59.9 Å². The van der Waals surface area contributed by atoms with Gasteiger partial charge in [-0.05, 0) is 43.5 Å². The van der Waals surface area contributed by atoms with E-state index in [1.807, 2.05) is 66.2 Å². The van der Waals surface area contributed by atoms with Crippen LogP contribution in [0.5, 0.6) is 0 Å². The first kappa shape index (κ1) is 16.2. The molecule has 1 aromatic carbocycles. The van der Waals surface area contributed by atoms with Gasteiger partial charge in [-0.15, -0.1) is 6.42 Å². The summed E-state index contributed by atoms with van der Waals surface area (Å²) in [7, 11) is 0. The smallest absolute Gasteiger partial charge is 0.279 e. The predicted molar refractivity (Wildman–Crippen MR) is 98.7 cm³/mol. The third-order valence-electron chi connectivity index (χ3n) is 3.79. The quantitative estimate of drug-likeness (QED) is 0.539. The molecule has 0 unspecified atom stereocenters. The van der Waals surface area contributed by atoms with Crippen LogP contribution in [0.25, 0.3) is 5.52 Å². The number of terminal acetylenes is 1. The second kappa shape index (κ2) is 6.81. The van der Waals surface area contributed by atoms with Crippen LogP contribution in [-0.2, 0) is 0 Å². The van der Waals surface area contributed by atoms with E-state index in [0.29, 0.717) is 12.2 Å². The molecule has 3 rings (SSSR count). The summed E-state index contributed by atoms with van der Waals surface area (Å²) in [6.45, 7) is 2.47. The van der Waals surface area contributed by atoms with Crippen molar-refractivity contribution in [1.82, 2.24) is 9.38 Å². The number of anilines is 1. The molecule has 5 heteroatoms. The molecule has 1 amide bonds. The Morgan fingerprint density at radius 2 is 2.17 bits per heavy atom. The Balaban J connectivity index is 2.08. The summed E-state index contributed by atoms with van der Waals surface area (Å²) in [5.74, 6) is 2.48. The molecule has 0 bridgehead atoms. The molecule has 0 aliphatic heterocycles. The summed E-state index contributed by atoms with van der Waals surface area (Å²) >= 11 is 1.51. The fourth-order valence-electron chi connectivity index (χ4n) is 2.65. The summed E-state index contributed by atoms with van der Waals surface area (Å²) in [6.07, 6.45) is 9.34. The Bertz CT molecular complexity index is 939. The number of benzene rings is 1. The van der Waals surface area contributed by atoms with Crippen molar-refractivity contribution in [1.29, 1.82) is 0 Å². The molecule has 0 saturated heterocycles. The van der Waals surface area contributed by atoms with Crippen LogP contribution >= 0.6 is 11.8 Å². The minimum atomic E-state index is -0.129. The summed E-state index contributed by atoms with van der Waals surface area (Å²) in [4.78, 5) is 19.3. The van der Waals surface area contributed by atoms with Gasteiger partial charge in [-0.2, -0.15) is 0 Å². The second-order valence-corrected chi connectivity index (χ2v) is 5.92. The van der Waals surface area contributed by atoms with Crippen LogP contribution in [0.4, 0.5) is 5.69 Å². The number of aromatic nitrogens is 2. The molecule has 0 radical (unpaired) electrons. The molecular formula is C19H17N3OS. The van der Waals surface area contributed by atoms with E-state index < -0.39 is 0 Å². The first-order valence-corrected chi connectivity index (χ1v) is 8.81. The lowest BCUT2D eigenvalue weighted by molar-refractivity contribution is 0.0985. The van der Waals surface area contributed by atoms with Crippen LogP contribution in [0.15, 0.2) is 53.8 Å². The van der Waals surface area contributed by atoms with E-state index in [9.17, 15) is 4.79 Å². The molecule has 2 aromatic heterocycles. The van der Waals surface area contributed by atoms with Gasteiger partial charge in [-0.1, -0.05) is 29.8 Å². The Labute approximate surface area is 145 Å². The van der Waals surface area contributed by atoms with Crippen molar-refractivity contribution >= 4 is 28.9 Å². The number of imidazole rings is 1. The van der Waals surface area contributed by atoms with Gasteiger partial charge >= 0.3 is 0 Å². The van der Waals surface area contributed by atoms with E-state index in [4.69, 9.17) is 6.42 Å². The van der Waals surface area contributed by atoms with Crippen LogP contribution in [0, 0.1) is 12.3 Å². The third kappa shape index (κ3) is 2.77. The minimum Gasteiger partial charge on any atom is -0.307 e. The van der Waals surface area contributed by atoms with Crippen molar-refractivity contribution in [3.8, 4) is 12.3 Å². The van der Waals surface area contributed by atoms with E-state index in [2.05, 4.69) is 10.9 Å². The fraction of sp³-hybridized carbons (Fsp3) is 0.158. The van der Waals surface area contributed by atoms with Crippen LogP contribution in [0.1, 0.15) is 23.0 Å². The molecule has 120 valence electrons. The summed E-state index contributed by atoms with van der Waals surface area (Å²) < 4.78 is 1.93. The van der Waals surface area contributed by atoms with E-state index >= 15 is 0 Å². The average molecular weight is 335 g/mol. The number of hydrogen-bond acceptors (Lipinski definition) is 3. The molecule has 3 aromatic rings. The van der Waals surface area contributed by atoms with Gasteiger partial charge in [-0.3, -0.25) is 9.20 Å². The molecule has 0 aliphatic carbocycles. The van der Waals surface area contributed by atoms with Gasteiger partial charge in [0, 0.05) is 24.0 Å². The van der Waals surface area contributed by atoms with Gasteiger partial charge in [-0.25, -0.2) is 4.98 Å². The van der Waals surface area contributed by atoms with Crippen molar-refractivity contribution in [2.75, 3.05) is 17.7 Å². The number of amides is 1. The molecule has 0 N–H and O–H groups in total. The summed E-state index contributed by atoms with van der Waals surface area (Å²) in [5, 5.41) is 0.794. The minimum absolute atomic E-state index is 0.129. The Morgan fingerprint density at radius 3 is 2.88 bits per heavy atom. The van der Waals surface area contributed by atoms with E-state index in [0.717, 1.165) is 21.9 Å². The lowest BCUT2D eigenvalue weighted by atomic mass is 10.2. The van der Waals surface area contributed by atoms with E-state index in [1.54, 1.807) is 4.90 Å². The first-order chi connectivity index (χ1) is 11.7. The monoisotopic (exact) mass is 335 g/mol. The topological polar surface area (TPSA) is 37.6 Å². The van der Waals surface area contributed by atoms with Crippen LogP contribution < -0.4 is 4.90 Å². The third-order valence-corrected chi connectivity index (χ3v) is 4.44. The largest absolute Gasteiger partial charge is 0.307 e. The lowest BCUT2D eigenvalue weighted by Crippen LogP contribution is -2.31. The maximum absolute atomic E-state index is 13.1. The van der Waals surface area contributed by atoms with Gasteiger partial charge in [0.15, 0.2) is 10.9 Å². The zero-order chi connectivity index (χ0) is 17.1. The molecule has 0 saturated carbocycles. The summed E-state index contributed by atoms with van der Waals surface area (Å²) in [5.41, 5.74) is 2.78. The van der Waals surface area contributed by atoms with Crippen LogP contribution in [0.3, 0.4) is 0 Å². The highest BCUT2D eigenvalue weighted by molar-refractivity contribution is 7.98. The van der Waals surface area contributed by atoms with Crippen molar-refractivity contribution < 1.29 is 4.79 Å². The second-order valence-electron chi connectivity index (χ2n) is 5.15. The Hall–Kier alpha value is -2.71. The number of pyridine rings is 1. The van der Waals surface area contributed by atoms with Gasteiger partial charge in [0.2, 0.25) is 0 Å². The highest BCUT2D eigenvalue weighted by Gasteiger charge is 2.23. The van der Waals surface area contributed by atoms with Crippen molar-refractivity contribution in [2.45, 2.75) is 12.1 Å². The van der Waals surface area contributed by atoms with E-state index in [1.165, 1.54) is 11.8 Å². The lowest BCUT2D eigenvalue weighted by Gasteiger charge is -2.20. The van der Waals surface area contributed by atoms with Crippen molar-refractivity contribution in [2.24, 2.45) is 0 Å². The normalized spacial score (nSPS) is 10.5. The molecule has 0 aliphatic rings. The fourth-order valence-corrected chi connectivity index (χ4v) is 3.18. The van der Waals surface area contributed by atoms with Crippen LogP contribution in [0.2, 0.25) is 0 Å². The van der Waals surface area contributed by atoms with Crippen LogP contribution in [-0.4, -0.2) is 28.1 Å². The molecule has 4 nitrogen and oxygen atoms in total. The number of fused-ring (bicyclic) bond motifs is 1. The van der Waals surface area contributed by atoms with Gasteiger partial charge in [0.25, 0.3) is 5.91 Å². The highest BCUT2D eigenvalue weighted by Crippen LogP contribution is 2.24. The number of rotatable bonds is 4.